The second-order valence-corrected chi connectivity index (χ2v) is 4.00. The molecule has 0 atom stereocenters. The first-order valence-electron chi connectivity index (χ1n) is 5.89. The Bertz CT molecular complexity index is 525. The standard InChI is InChI=1S/C13H16N4O2/c1-19-9-11-5-3-2-4-10(11)6-14-13(18)17-12-7-15-16-8-12/h2-5,7-8H,6,9H2,1H3,(H,15,16)(H2,14,17,18). The maximum atomic E-state index is 11.7. The van der Waals surface area contributed by atoms with Crippen molar-refractivity contribution >= 4 is 11.7 Å². The van der Waals surface area contributed by atoms with Gasteiger partial charge in [-0.1, -0.05) is 24.3 Å². The van der Waals surface area contributed by atoms with Gasteiger partial charge in [-0.2, -0.15) is 5.10 Å². The first-order chi connectivity index (χ1) is 9.29. The second-order valence-electron chi connectivity index (χ2n) is 4.00. The van der Waals surface area contributed by atoms with Crippen molar-refractivity contribution in [2.24, 2.45) is 0 Å². The van der Waals surface area contributed by atoms with E-state index in [0.29, 0.717) is 18.8 Å². The molecule has 100 valence electrons. The number of nitrogens with one attached hydrogen (secondary N) is 3. The van der Waals surface area contributed by atoms with Gasteiger partial charge in [0.1, 0.15) is 0 Å². The summed E-state index contributed by atoms with van der Waals surface area (Å²) in [6, 6.07) is 7.56. The molecule has 2 aromatic rings. The van der Waals surface area contributed by atoms with Crippen LogP contribution < -0.4 is 10.6 Å². The number of hydrogen-bond donors (Lipinski definition) is 3. The zero-order valence-electron chi connectivity index (χ0n) is 10.6. The van der Waals surface area contributed by atoms with Crippen LogP contribution in [0.15, 0.2) is 36.7 Å². The third-order valence-electron chi connectivity index (χ3n) is 2.61. The smallest absolute Gasteiger partial charge is 0.319 e. The van der Waals surface area contributed by atoms with Crippen molar-refractivity contribution in [2.75, 3.05) is 12.4 Å². The van der Waals surface area contributed by atoms with E-state index in [4.69, 9.17) is 4.74 Å². The molecule has 0 aliphatic heterocycles. The summed E-state index contributed by atoms with van der Waals surface area (Å²) >= 11 is 0. The fourth-order valence-electron chi connectivity index (χ4n) is 1.70. The van der Waals surface area contributed by atoms with E-state index in [1.165, 1.54) is 0 Å². The van der Waals surface area contributed by atoms with Gasteiger partial charge in [-0.3, -0.25) is 5.10 Å². The molecule has 0 aliphatic carbocycles. The molecule has 0 unspecified atom stereocenters. The van der Waals surface area contributed by atoms with Crippen LogP contribution in [0.3, 0.4) is 0 Å². The van der Waals surface area contributed by atoms with Gasteiger partial charge >= 0.3 is 6.03 Å². The average molecular weight is 260 g/mol. The summed E-state index contributed by atoms with van der Waals surface area (Å²) in [6.45, 7) is 0.977. The van der Waals surface area contributed by atoms with E-state index in [0.717, 1.165) is 11.1 Å². The number of carbonyl (C=O) groups excluding carboxylic acids is 1. The van der Waals surface area contributed by atoms with Gasteiger partial charge in [-0.25, -0.2) is 4.79 Å². The van der Waals surface area contributed by atoms with E-state index in [1.54, 1.807) is 19.5 Å². The minimum absolute atomic E-state index is 0.270. The van der Waals surface area contributed by atoms with Crippen molar-refractivity contribution < 1.29 is 9.53 Å². The van der Waals surface area contributed by atoms with Gasteiger partial charge in [0.05, 0.1) is 18.5 Å². The lowest BCUT2D eigenvalue weighted by Gasteiger charge is -2.10. The Labute approximate surface area is 111 Å². The van der Waals surface area contributed by atoms with Crippen molar-refractivity contribution in [3.05, 3.63) is 47.8 Å². The number of rotatable bonds is 5. The van der Waals surface area contributed by atoms with Crippen molar-refractivity contribution in [1.29, 1.82) is 0 Å². The number of benzene rings is 1. The molecular weight excluding hydrogens is 244 g/mol. The highest BCUT2D eigenvalue weighted by Gasteiger charge is 2.05. The van der Waals surface area contributed by atoms with Crippen LogP contribution in [0.5, 0.6) is 0 Å². The van der Waals surface area contributed by atoms with Crippen molar-refractivity contribution in [3.63, 3.8) is 0 Å². The summed E-state index contributed by atoms with van der Waals surface area (Å²) in [4.78, 5) is 11.7. The van der Waals surface area contributed by atoms with Gasteiger partial charge < -0.3 is 15.4 Å². The normalized spacial score (nSPS) is 10.2. The topological polar surface area (TPSA) is 79.0 Å². The largest absolute Gasteiger partial charge is 0.380 e. The van der Waals surface area contributed by atoms with Crippen LogP contribution in [0.4, 0.5) is 10.5 Å². The zero-order valence-corrected chi connectivity index (χ0v) is 10.6. The molecule has 0 spiro atoms. The van der Waals surface area contributed by atoms with Gasteiger partial charge in [0, 0.05) is 19.9 Å². The van der Waals surface area contributed by atoms with Crippen LogP contribution in [0.25, 0.3) is 0 Å². The third kappa shape index (κ3) is 3.82. The number of carbonyl (C=O) groups is 1. The van der Waals surface area contributed by atoms with Gasteiger partial charge in [0.15, 0.2) is 0 Å². The van der Waals surface area contributed by atoms with E-state index in [1.807, 2.05) is 24.3 Å². The fourth-order valence-corrected chi connectivity index (χ4v) is 1.70. The zero-order chi connectivity index (χ0) is 13.5. The minimum Gasteiger partial charge on any atom is -0.380 e. The number of anilines is 1. The van der Waals surface area contributed by atoms with Crippen LogP contribution in [0.1, 0.15) is 11.1 Å². The maximum Gasteiger partial charge on any atom is 0.319 e. The van der Waals surface area contributed by atoms with Crippen molar-refractivity contribution in [3.8, 4) is 0 Å². The SMILES string of the molecule is COCc1ccccc1CNC(=O)Nc1cn[nH]c1. The predicted molar refractivity (Wildman–Crippen MR) is 71.6 cm³/mol. The fraction of sp³-hybridized carbons (Fsp3) is 0.231. The van der Waals surface area contributed by atoms with Crippen LogP contribution in [-0.4, -0.2) is 23.3 Å². The van der Waals surface area contributed by atoms with Crippen molar-refractivity contribution in [2.45, 2.75) is 13.2 Å². The van der Waals surface area contributed by atoms with Crippen LogP contribution in [0, 0.1) is 0 Å². The molecule has 0 bridgehead atoms. The highest BCUT2D eigenvalue weighted by atomic mass is 16.5. The molecular formula is C13H16N4O2. The van der Waals surface area contributed by atoms with Gasteiger partial charge in [0.25, 0.3) is 0 Å². The molecule has 0 fully saturated rings. The lowest BCUT2D eigenvalue weighted by molar-refractivity contribution is 0.184. The number of ether oxygens (including phenoxy) is 1. The monoisotopic (exact) mass is 260 g/mol. The summed E-state index contributed by atoms with van der Waals surface area (Å²) < 4.78 is 5.12. The molecule has 1 aromatic heterocycles. The van der Waals surface area contributed by atoms with E-state index < -0.39 is 0 Å². The Morgan fingerprint density at radius 3 is 2.84 bits per heavy atom. The average Bonchev–Trinajstić information content (AvgIpc) is 2.91. The Morgan fingerprint density at radius 2 is 2.16 bits per heavy atom. The summed E-state index contributed by atoms with van der Waals surface area (Å²) in [5.41, 5.74) is 2.72. The number of amides is 2. The first-order valence-corrected chi connectivity index (χ1v) is 5.89. The Balaban J connectivity index is 1.89. The quantitative estimate of drug-likeness (QED) is 0.768. The molecule has 3 N–H and O–H groups in total. The molecule has 2 amide bonds. The van der Waals surface area contributed by atoms with Gasteiger partial charge in [-0.05, 0) is 11.1 Å². The highest BCUT2D eigenvalue weighted by molar-refractivity contribution is 5.88. The number of nitrogens with zero attached hydrogens (tertiary/aromatic N) is 1. The van der Waals surface area contributed by atoms with E-state index >= 15 is 0 Å². The number of aromatic nitrogens is 2. The van der Waals surface area contributed by atoms with Gasteiger partial charge in [0.2, 0.25) is 0 Å². The molecule has 1 heterocycles. The van der Waals surface area contributed by atoms with E-state index in [-0.39, 0.29) is 6.03 Å². The second kappa shape index (κ2) is 6.55. The van der Waals surface area contributed by atoms with E-state index in [9.17, 15) is 4.79 Å². The Hall–Kier alpha value is -2.34. The van der Waals surface area contributed by atoms with Crippen LogP contribution in [-0.2, 0) is 17.9 Å². The Kier molecular flexibility index (Phi) is 4.52. The van der Waals surface area contributed by atoms with Crippen LogP contribution >= 0.6 is 0 Å². The molecule has 0 aliphatic rings. The lowest BCUT2D eigenvalue weighted by Crippen LogP contribution is -2.28. The van der Waals surface area contributed by atoms with Crippen LogP contribution in [0.2, 0.25) is 0 Å². The summed E-state index contributed by atoms with van der Waals surface area (Å²) in [6.07, 6.45) is 3.15. The van der Waals surface area contributed by atoms with E-state index in [2.05, 4.69) is 20.8 Å². The molecule has 2 rings (SSSR count). The molecule has 0 radical (unpaired) electrons. The number of urea groups is 1. The number of aromatic amines is 1. The highest BCUT2D eigenvalue weighted by Crippen LogP contribution is 2.09. The summed E-state index contributed by atoms with van der Waals surface area (Å²) in [5, 5.41) is 11.8. The predicted octanol–water partition coefficient (Wildman–Crippen LogP) is 1.88. The molecule has 0 saturated heterocycles. The molecule has 6 heteroatoms. The third-order valence-corrected chi connectivity index (χ3v) is 2.61. The number of methoxy groups -OCH3 is 1. The Morgan fingerprint density at radius 1 is 1.37 bits per heavy atom. The molecule has 0 saturated carbocycles. The minimum atomic E-state index is -0.270. The molecule has 6 nitrogen and oxygen atoms in total. The molecule has 19 heavy (non-hydrogen) atoms. The maximum absolute atomic E-state index is 11.7. The lowest BCUT2D eigenvalue weighted by atomic mass is 10.1. The van der Waals surface area contributed by atoms with Gasteiger partial charge in [-0.15, -0.1) is 0 Å². The summed E-state index contributed by atoms with van der Waals surface area (Å²) in [5.74, 6) is 0. The molecule has 1 aromatic carbocycles. The summed E-state index contributed by atoms with van der Waals surface area (Å²) in [7, 11) is 1.65. The number of H-pyrrole nitrogens is 1. The number of hydrogen-bond acceptors (Lipinski definition) is 3. The van der Waals surface area contributed by atoms with Crippen molar-refractivity contribution in [1.82, 2.24) is 15.5 Å². The first kappa shape index (κ1) is 13.1.